The van der Waals surface area contributed by atoms with Gasteiger partial charge in [0.25, 0.3) is 0 Å². The first-order chi connectivity index (χ1) is 2.00. The van der Waals surface area contributed by atoms with Gasteiger partial charge in [0, 0.05) is 8.41 Å². The fraction of sp³-hybridized carbons (Fsp3) is 0. The van der Waals surface area contributed by atoms with E-state index < -0.39 is 7.82 Å². The third kappa shape index (κ3) is 54.6. The number of phosphoric acid groups is 1. The number of hydrogen-bond donors (Lipinski definition) is 3. The number of hydrogen-bond acceptors (Lipinski definition) is 1. The van der Waals surface area contributed by atoms with E-state index in [-0.39, 0.29) is 121 Å². The first-order valence-electron chi connectivity index (χ1n) is 0.783. The summed E-state index contributed by atoms with van der Waals surface area (Å²) in [6.45, 7) is 0. The fourth-order valence-corrected chi connectivity index (χ4v) is 0. The molecule has 8 heteroatoms. The average molecular weight is 235 g/mol. The van der Waals surface area contributed by atoms with Crippen LogP contribution in [0.15, 0.2) is 0 Å². The van der Waals surface area contributed by atoms with Gasteiger partial charge in [-0.15, -0.1) is 0 Å². The van der Waals surface area contributed by atoms with Crippen molar-refractivity contribution in [1.29, 1.82) is 0 Å². The summed E-state index contributed by atoms with van der Waals surface area (Å²) in [4.78, 5) is 21.6. The van der Waals surface area contributed by atoms with E-state index >= 15 is 0 Å². The van der Waals surface area contributed by atoms with Crippen LogP contribution in [0.4, 0.5) is 0 Å². The van der Waals surface area contributed by atoms with Gasteiger partial charge in [-0.05, 0) is 0 Å². The Labute approximate surface area is 144 Å². The van der Waals surface area contributed by atoms with E-state index in [4.69, 9.17) is 19.2 Å². The van der Waals surface area contributed by atoms with Gasteiger partial charge in [0.1, 0.15) is 0 Å². The Kier molecular flexibility index (Phi) is 30.0. The minimum absolute atomic E-state index is 0. The van der Waals surface area contributed by atoms with Crippen molar-refractivity contribution in [3.05, 3.63) is 0 Å². The summed E-state index contributed by atoms with van der Waals surface area (Å²) < 4.78 is 8.88. The van der Waals surface area contributed by atoms with Gasteiger partial charge in [0.2, 0.25) is 0 Å². The van der Waals surface area contributed by atoms with Crippen LogP contribution in [-0.2, 0) is 4.57 Å². The summed E-state index contributed by atoms with van der Waals surface area (Å²) in [5.41, 5.74) is 0. The molecule has 0 unspecified atom stereocenters. The van der Waals surface area contributed by atoms with Gasteiger partial charge < -0.3 is 17.5 Å². The Morgan fingerprint density at radius 2 is 1.25 bits per heavy atom. The minimum Gasteiger partial charge on any atom is -1.00 e. The van der Waals surface area contributed by atoms with Crippen molar-refractivity contribution in [3.8, 4) is 0 Å². The van der Waals surface area contributed by atoms with E-state index in [1.807, 2.05) is 0 Å². The van der Waals surface area contributed by atoms with Crippen molar-refractivity contribution >= 4 is 16.2 Å². The molecule has 0 spiro atoms. The zero-order chi connectivity index (χ0) is 4.50. The van der Waals surface area contributed by atoms with Gasteiger partial charge >= 0.3 is 117 Å². The Morgan fingerprint density at radius 1 is 1.25 bits per heavy atom. The molecule has 0 saturated carbocycles. The van der Waals surface area contributed by atoms with Crippen LogP contribution < -0.4 is 110 Å². The molecule has 3 N–H and O–H groups in total. The van der Waals surface area contributed by atoms with Gasteiger partial charge in [-0.3, -0.25) is 0 Å². The third-order valence-electron chi connectivity index (χ3n) is 0. The topological polar surface area (TPSA) is 77.8 Å². The summed E-state index contributed by atoms with van der Waals surface area (Å²) in [5, 5.41) is 0. The molecule has 0 aromatic rings. The molecule has 0 atom stereocenters. The molecule has 0 aromatic heterocycles. The quantitative estimate of drug-likeness (QED) is 0.288. The van der Waals surface area contributed by atoms with Crippen LogP contribution in [0.5, 0.6) is 0 Å². The van der Waals surface area contributed by atoms with Crippen LogP contribution in [0.25, 0.3) is 0 Å². The Morgan fingerprint density at radius 3 is 1.25 bits per heavy atom. The predicted octanol–water partition coefficient (Wildman–Crippen LogP) is -7.08. The SMILES string of the molecule is O=P(O)(O)O.[B].[H-].[H-].[K+].[Rb+]. The van der Waals surface area contributed by atoms with Gasteiger partial charge in [-0.25, -0.2) is 4.57 Å². The van der Waals surface area contributed by atoms with Crippen LogP contribution in [0.2, 0.25) is 0 Å². The Balaban J connectivity index is -0.00000000800. The molecule has 0 amide bonds. The summed E-state index contributed by atoms with van der Waals surface area (Å²) in [6.07, 6.45) is 0. The van der Waals surface area contributed by atoms with Crippen molar-refractivity contribution < 1.29 is 132 Å². The average Bonchev–Trinajstić information content (AvgIpc) is 0.722. The maximum Gasteiger partial charge on any atom is 1.00 e. The molecule has 8 heavy (non-hydrogen) atoms. The summed E-state index contributed by atoms with van der Waals surface area (Å²) in [6, 6.07) is 0. The summed E-state index contributed by atoms with van der Waals surface area (Å²) in [5.74, 6) is 0. The molecule has 0 bridgehead atoms. The smallest absolute Gasteiger partial charge is 1.00 e. The second-order valence-corrected chi connectivity index (χ2v) is 1.54. The van der Waals surface area contributed by atoms with Gasteiger partial charge in [-0.1, -0.05) is 0 Å². The minimum atomic E-state index is -4.64. The molecule has 0 saturated heterocycles. The molecular formula is H5BKO4PRb. The first kappa shape index (κ1) is 22.6. The van der Waals surface area contributed by atoms with Crippen molar-refractivity contribution in [2.75, 3.05) is 0 Å². The normalized spacial score (nSPS) is 7.38. The zero-order valence-corrected chi connectivity index (χ0v) is 13.7. The summed E-state index contributed by atoms with van der Waals surface area (Å²) >= 11 is 0. The molecule has 39 valence electrons. The van der Waals surface area contributed by atoms with Gasteiger partial charge in [-0.2, -0.15) is 0 Å². The third-order valence-corrected chi connectivity index (χ3v) is 0. The standard InChI is InChI=1S/B.K.H3O4P.Rb.2H/c;;1-5(2,3)4;;;/h;;(H3,1,2,3,4);;;/q;+1;;+1;2*-1. The monoisotopic (exact) mass is 235 g/mol. The predicted molar refractivity (Wildman–Crippen MR) is 22.2 cm³/mol. The molecule has 0 rings (SSSR count). The Hall–Kier alpha value is 3.62. The maximum absolute atomic E-state index is 8.88. The molecular weight excluding hydrogens is 230 g/mol. The fourth-order valence-electron chi connectivity index (χ4n) is 0. The zero-order valence-electron chi connectivity index (χ0n) is 6.77. The molecule has 0 fully saturated rings. The Bertz CT molecular complexity index is 69.4. The van der Waals surface area contributed by atoms with Gasteiger partial charge in [0.15, 0.2) is 0 Å². The molecule has 0 aliphatic carbocycles. The first-order valence-corrected chi connectivity index (χ1v) is 2.35. The largest absolute Gasteiger partial charge is 1.00 e. The van der Waals surface area contributed by atoms with E-state index in [2.05, 4.69) is 0 Å². The summed E-state index contributed by atoms with van der Waals surface area (Å²) in [7, 11) is -4.64. The van der Waals surface area contributed by atoms with E-state index in [1.165, 1.54) is 0 Å². The molecule has 0 aromatic carbocycles. The van der Waals surface area contributed by atoms with Crippen molar-refractivity contribution in [3.63, 3.8) is 0 Å². The second-order valence-electron chi connectivity index (χ2n) is 0.513. The van der Waals surface area contributed by atoms with E-state index in [9.17, 15) is 0 Å². The molecule has 4 nitrogen and oxygen atoms in total. The van der Waals surface area contributed by atoms with E-state index in [1.54, 1.807) is 0 Å². The second kappa shape index (κ2) is 10.6. The number of rotatable bonds is 0. The van der Waals surface area contributed by atoms with Crippen LogP contribution >= 0.6 is 7.82 Å². The maximum atomic E-state index is 8.88. The molecule has 0 heterocycles. The molecule has 0 aliphatic heterocycles. The van der Waals surface area contributed by atoms with Crippen molar-refractivity contribution in [2.24, 2.45) is 0 Å². The van der Waals surface area contributed by atoms with Crippen molar-refractivity contribution in [1.82, 2.24) is 0 Å². The van der Waals surface area contributed by atoms with E-state index in [0.717, 1.165) is 0 Å². The van der Waals surface area contributed by atoms with Crippen LogP contribution in [0.1, 0.15) is 2.85 Å². The van der Waals surface area contributed by atoms with E-state index in [0.29, 0.717) is 0 Å². The van der Waals surface area contributed by atoms with Crippen LogP contribution in [0.3, 0.4) is 0 Å². The molecule has 0 aliphatic rings. The molecule has 3 radical (unpaired) electrons. The van der Waals surface area contributed by atoms with Crippen molar-refractivity contribution in [2.45, 2.75) is 0 Å². The van der Waals surface area contributed by atoms with Crippen LogP contribution in [-0.4, -0.2) is 23.1 Å². The van der Waals surface area contributed by atoms with Gasteiger partial charge in [0.05, 0.1) is 0 Å². The van der Waals surface area contributed by atoms with Crippen LogP contribution in [0, 0.1) is 0 Å².